The molecular weight excluding hydrogens is 451 g/mol. The number of nitrogens with zero attached hydrogens (tertiary/aromatic N) is 2. The van der Waals surface area contributed by atoms with Gasteiger partial charge in [-0.05, 0) is 0 Å². The van der Waals surface area contributed by atoms with Gasteiger partial charge in [-0.1, -0.05) is 0 Å². The molecule has 0 aromatic carbocycles. The zero-order valence-corrected chi connectivity index (χ0v) is 22.2. The zero-order valence-electron chi connectivity index (χ0n) is 15.2. The van der Waals surface area contributed by atoms with E-state index in [-0.39, 0.29) is 114 Å². The van der Waals surface area contributed by atoms with Gasteiger partial charge in [-0.2, -0.15) is 0 Å². The number of hydrogen-bond donors (Lipinski definition) is 2. The first-order valence-electron chi connectivity index (χ1n) is 5.48. The molecule has 0 fully saturated rings. The molecule has 0 aliphatic rings. The second-order valence-corrected chi connectivity index (χ2v) is 3.95. The first-order chi connectivity index (χ1) is 9.20. The van der Waals surface area contributed by atoms with E-state index < -0.39 is 50.1 Å². The van der Waals surface area contributed by atoms with Crippen LogP contribution < -0.4 is 69.3 Å². The Balaban J connectivity index is -0.0000000860. The van der Waals surface area contributed by atoms with Gasteiger partial charge in [0, 0.05) is 45.7 Å². The summed E-state index contributed by atoms with van der Waals surface area (Å²) in [4.78, 5) is 43.9. The number of carbonyl (C=O) groups is 4. The second kappa shape index (κ2) is 28.5. The van der Waals surface area contributed by atoms with Crippen LogP contribution in [0.3, 0.4) is 0 Å². The molecule has 17 heteroatoms. The van der Waals surface area contributed by atoms with E-state index in [4.69, 9.17) is 10.2 Å². The molecule has 0 aromatic heterocycles. The van der Waals surface area contributed by atoms with Crippen LogP contribution in [-0.2, 0) is 38.7 Å². The molecule has 0 aromatic rings. The van der Waals surface area contributed by atoms with Crippen molar-refractivity contribution in [3.05, 3.63) is 0 Å². The van der Waals surface area contributed by atoms with Gasteiger partial charge in [0.25, 0.3) is 0 Å². The predicted octanol–water partition coefficient (Wildman–Crippen LogP) is -14.0. The minimum atomic E-state index is -1.51. The largest absolute Gasteiger partial charge is 1.00 e. The summed E-state index contributed by atoms with van der Waals surface area (Å²) < 4.78 is 0. The summed E-state index contributed by atoms with van der Waals surface area (Å²) >= 11 is 0. The fraction of sp³-hybridized carbons (Fsp3) is 0.600. The van der Waals surface area contributed by atoms with Crippen molar-refractivity contribution in [1.29, 1.82) is 0 Å². The Kier molecular flexibility index (Phi) is 53.4. The Hall–Kier alpha value is 0.263. The first-order valence-corrected chi connectivity index (χ1v) is 5.48. The van der Waals surface area contributed by atoms with Gasteiger partial charge in [-0.3, -0.25) is 19.4 Å². The van der Waals surface area contributed by atoms with Crippen LogP contribution in [0.4, 0.5) is 0 Å². The van der Waals surface area contributed by atoms with Gasteiger partial charge >= 0.3 is 71.1 Å². The van der Waals surface area contributed by atoms with E-state index in [0.29, 0.717) is 0 Å². The van der Waals surface area contributed by atoms with Crippen molar-refractivity contribution >= 4 is 23.9 Å². The summed E-state index contributed by atoms with van der Waals surface area (Å²) in [6.45, 7) is -2.75. The molecule has 0 bridgehead atoms. The van der Waals surface area contributed by atoms with Gasteiger partial charge in [0.05, 0.1) is 25.0 Å². The summed E-state index contributed by atoms with van der Waals surface area (Å²) in [5, 5.41) is 38.0. The van der Waals surface area contributed by atoms with Gasteiger partial charge in [-0.25, -0.2) is 0 Å². The molecule has 0 saturated heterocycles. The van der Waals surface area contributed by atoms with E-state index in [2.05, 4.69) is 0 Å². The minimum absolute atomic E-state index is 0. The average molecular weight is 474 g/mol. The van der Waals surface area contributed by atoms with Gasteiger partial charge in [-0.15, -0.1) is 0 Å². The normalized spacial score (nSPS) is 7.93. The van der Waals surface area contributed by atoms with Crippen LogP contribution in [0.2, 0.25) is 0 Å². The minimum Gasteiger partial charge on any atom is -0.549 e. The molecule has 0 rings (SSSR count). The molecule has 14 nitrogen and oxygen atoms in total. The van der Waals surface area contributed by atoms with Crippen LogP contribution in [0.5, 0.6) is 0 Å². The third kappa shape index (κ3) is 34.2. The Morgan fingerprint density at radius 1 is 0.630 bits per heavy atom. The number of carbonyl (C=O) groups excluding carboxylic acids is 2. The molecule has 0 atom stereocenters. The second-order valence-electron chi connectivity index (χ2n) is 3.95. The van der Waals surface area contributed by atoms with E-state index in [1.807, 2.05) is 0 Å². The third-order valence-corrected chi connectivity index (χ3v) is 2.16. The maximum absolute atomic E-state index is 10.5. The standard InChI is InChI=1S/C10H16N2O8.2Na.4H2O.Zn/c13-7(14)3-11(4-8(15)16)1-2-12(5-9(17)18)6-10(19)20;;;;;;;/h1-6H2,(H,13,14)(H,15,16)(H,17,18)(H,19,20);;;4*1H2;/q;2*+1;;;;;/p-2. The molecule has 10 N–H and O–H groups in total. The predicted molar refractivity (Wildman–Crippen MR) is 72.6 cm³/mol. The fourth-order valence-electron chi connectivity index (χ4n) is 1.46. The SMILES string of the molecule is O.O.O.O.O=C([O-])CN(CCN(CC(=O)O)CC(=O)O)CC(=O)[O-].[Na+].[Na+].[Zn]. The molecule has 148 valence electrons. The zero-order chi connectivity index (χ0) is 15.7. The molecule has 0 heterocycles. The summed E-state index contributed by atoms with van der Waals surface area (Å²) in [5.74, 6) is -5.52. The van der Waals surface area contributed by atoms with Crippen molar-refractivity contribution < 1.29 is 140 Å². The van der Waals surface area contributed by atoms with Crippen molar-refractivity contribution in [2.24, 2.45) is 0 Å². The Morgan fingerprint density at radius 2 is 0.852 bits per heavy atom. The topological polar surface area (TPSA) is 287 Å². The van der Waals surface area contributed by atoms with Gasteiger partial charge < -0.3 is 51.9 Å². The number of carboxylic acid groups (broad SMARTS) is 4. The molecule has 0 aliphatic heterocycles. The summed E-state index contributed by atoms with van der Waals surface area (Å²) in [5.41, 5.74) is 0. The van der Waals surface area contributed by atoms with E-state index in [0.717, 1.165) is 9.80 Å². The van der Waals surface area contributed by atoms with E-state index >= 15 is 0 Å². The van der Waals surface area contributed by atoms with Crippen molar-refractivity contribution in [2.75, 3.05) is 39.3 Å². The fourth-order valence-corrected chi connectivity index (χ4v) is 1.46. The smallest absolute Gasteiger partial charge is 0.549 e. The summed E-state index contributed by atoms with van der Waals surface area (Å²) in [6.07, 6.45) is 0. The quantitative estimate of drug-likeness (QED) is 0.267. The molecule has 0 radical (unpaired) electrons. The van der Waals surface area contributed by atoms with Gasteiger partial charge in [0.1, 0.15) is 0 Å². The van der Waals surface area contributed by atoms with Crippen LogP contribution in [-0.4, -0.2) is 105 Å². The van der Waals surface area contributed by atoms with Crippen LogP contribution in [0.25, 0.3) is 0 Å². The number of aliphatic carboxylic acids is 4. The molecule has 27 heavy (non-hydrogen) atoms. The van der Waals surface area contributed by atoms with Crippen molar-refractivity contribution in [3.63, 3.8) is 0 Å². The van der Waals surface area contributed by atoms with Crippen LogP contribution in [0.15, 0.2) is 0 Å². The van der Waals surface area contributed by atoms with E-state index in [1.54, 1.807) is 0 Å². The van der Waals surface area contributed by atoms with Crippen molar-refractivity contribution in [2.45, 2.75) is 0 Å². The maximum atomic E-state index is 10.5. The molecule has 0 aliphatic carbocycles. The van der Waals surface area contributed by atoms with Gasteiger partial charge in [0.2, 0.25) is 0 Å². The molecule has 0 spiro atoms. The Bertz CT molecular complexity index is 336. The summed E-state index contributed by atoms with van der Waals surface area (Å²) in [7, 11) is 0. The molecular formula is C10H22N2Na2O12Zn. The molecule has 0 amide bonds. The Morgan fingerprint density at radius 3 is 1.04 bits per heavy atom. The average Bonchev–Trinajstić information content (AvgIpc) is 2.22. The van der Waals surface area contributed by atoms with Crippen molar-refractivity contribution in [3.8, 4) is 0 Å². The summed E-state index contributed by atoms with van der Waals surface area (Å²) in [6, 6.07) is 0. The Labute approximate surface area is 211 Å². The van der Waals surface area contributed by atoms with Crippen LogP contribution in [0.1, 0.15) is 0 Å². The molecule has 0 unspecified atom stereocenters. The van der Waals surface area contributed by atoms with Gasteiger partial charge in [0.15, 0.2) is 0 Å². The number of rotatable bonds is 11. The van der Waals surface area contributed by atoms with E-state index in [1.165, 1.54) is 0 Å². The number of carboxylic acids is 4. The van der Waals surface area contributed by atoms with Crippen LogP contribution >= 0.6 is 0 Å². The third-order valence-electron chi connectivity index (χ3n) is 2.16. The van der Waals surface area contributed by atoms with Crippen LogP contribution in [0, 0.1) is 0 Å². The van der Waals surface area contributed by atoms with Crippen molar-refractivity contribution in [1.82, 2.24) is 9.80 Å². The molecule has 0 saturated carbocycles. The number of hydrogen-bond acceptors (Lipinski definition) is 8. The maximum Gasteiger partial charge on any atom is 1.00 e. The monoisotopic (exact) mass is 472 g/mol. The van der Waals surface area contributed by atoms with E-state index in [9.17, 15) is 29.4 Å². The first kappa shape index (κ1) is 50.7.